The molecule has 0 saturated carbocycles. The second-order valence-electron chi connectivity index (χ2n) is 3.75. The van der Waals surface area contributed by atoms with Gasteiger partial charge < -0.3 is 30.5 Å². The highest BCUT2D eigenvalue weighted by Gasteiger charge is 2.44. The van der Waals surface area contributed by atoms with E-state index in [1.165, 1.54) is 0 Å². The van der Waals surface area contributed by atoms with Crippen molar-refractivity contribution in [1.29, 1.82) is 0 Å². The van der Waals surface area contributed by atoms with E-state index >= 15 is 0 Å². The van der Waals surface area contributed by atoms with E-state index in [0.29, 0.717) is 5.75 Å². The first kappa shape index (κ1) is 14.7. The zero-order valence-corrected chi connectivity index (χ0v) is 9.99. The lowest BCUT2D eigenvalue weighted by Crippen LogP contribution is -2.62. The minimum atomic E-state index is -1.32. The lowest BCUT2D eigenvalue weighted by Gasteiger charge is -2.39. The smallest absolute Gasteiger partial charge is 0.308 e. The average molecular weight is 267 g/mol. The molecule has 0 aromatic carbocycles. The van der Waals surface area contributed by atoms with Gasteiger partial charge in [-0.2, -0.15) is 12.6 Å². The molecular weight excluding hydrogens is 250 g/mol. The number of aliphatic hydroxyl groups is 3. The standard InChI is InChI=1S/C9H17NO6S/c10-6-8(14)7(13)4(3-11)15-9(6)16-5(12)1-2-17/h4,6-9,11,13-14,17H,1-3,10H2/t4-,6-,7+,8-,9?/m1/s1. The summed E-state index contributed by atoms with van der Waals surface area (Å²) in [7, 11) is 0. The summed E-state index contributed by atoms with van der Waals surface area (Å²) in [6, 6.07) is -1.06. The topological polar surface area (TPSA) is 122 Å². The number of esters is 1. The molecule has 1 aliphatic rings. The number of ether oxygens (including phenoxy) is 2. The third kappa shape index (κ3) is 3.54. The van der Waals surface area contributed by atoms with E-state index in [-0.39, 0.29) is 6.42 Å². The number of thiol groups is 1. The molecule has 0 aliphatic carbocycles. The van der Waals surface area contributed by atoms with Crippen molar-refractivity contribution < 1.29 is 29.6 Å². The fourth-order valence-electron chi connectivity index (χ4n) is 1.49. The summed E-state index contributed by atoms with van der Waals surface area (Å²) in [5.41, 5.74) is 5.56. The van der Waals surface area contributed by atoms with Gasteiger partial charge in [-0.3, -0.25) is 4.79 Å². The predicted octanol–water partition coefficient (Wildman–Crippen LogP) is -2.38. The van der Waals surface area contributed by atoms with E-state index in [1.807, 2.05) is 0 Å². The largest absolute Gasteiger partial charge is 0.434 e. The number of aliphatic hydroxyl groups excluding tert-OH is 3. The molecule has 5 atom stereocenters. The molecule has 0 aromatic rings. The van der Waals surface area contributed by atoms with Crippen LogP contribution in [0.3, 0.4) is 0 Å². The van der Waals surface area contributed by atoms with E-state index in [0.717, 1.165) is 0 Å². The first-order valence-corrected chi connectivity index (χ1v) is 5.83. The van der Waals surface area contributed by atoms with Crippen molar-refractivity contribution in [2.45, 2.75) is 37.1 Å². The highest BCUT2D eigenvalue weighted by atomic mass is 32.1. The van der Waals surface area contributed by atoms with Crippen molar-refractivity contribution in [2.75, 3.05) is 12.4 Å². The normalized spacial score (nSPS) is 37.8. The van der Waals surface area contributed by atoms with Crippen molar-refractivity contribution in [2.24, 2.45) is 5.73 Å². The SMILES string of the molecule is N[C@H]1C(OC(=O)CCS)O[C@H](CO)[C@H](O)[C@@H]1O. The van der Waals surface area contributed by atoms with E-state index in [4.69, 9.17) is 20.3 Å². The molecule has 5 N–H and O–H groups in total. The summed E-state index contributed by atoms with van der Waals surface area (Å²) >= 11 is 3.87. The van der Waals surface area contributed by atoms with Crippen molar-refractivity contribution in [1.82, 2.24) is 0 Å². The molecule has 0 radical (unpaired) electrons. The summed E-state index contributed by atoms with van der Waals surface area (Å²) in [6.45, 7) is -0.508. The van der Waals surface area contributed by atoms with Gasteiger partial charge in [0, 0.05) is 5.75 Å². The number of nitrogens with two attached hydrogens (primary N) is 1. The lowest BCUT2D eigenvalue weighted by molar-refractivity contribution is -0.259. The number of hydrogen-bond donors (Lipinski definition) is 5. The fourth-order valence-corrected chi connectivity index (χ4v) is 1.67. The monoisotopic (exact) mass is 267 g/mol. The van der Waals surface area contributed by atoms with Crippen molar-refractivity contribution in [3.8, 4) is 0 Å². The molecule has 1 unspecified atom stereocenters. The fraction of sp³-hybridized carbons (Fsp3) is 0.889. The number of rotatable bonds is 4. The number of carbonyl (C=O) groups excluding carboxylic acids is 1. The lowest BCUT2D eigenvalue weighted by atomic mass is 9.98. The van der Waals surface area contributed by atoms with Crippen LogP contribution in [0.15, 0.2) is 0 Å². The Morgan fingerprint density at radius 3 is 2.59 bits per heavy atom. The number of carbonyl (C=O) groups is 1. The van der Waals surface area contributed by atoms with Crippen LogP contribution >= 0.6 is 12.6 Å². The minimum Gasteiger partial charge on any atom is -0.434 e. The van der Waals surface area contributed by atoms with E-state index in [2.05, 4.69) is 12.6 Å². The van der Waals surface area contributed by atoms with Crippen molar-refractivity contribution in [3.63, 3.8) is 0 Å². The average Bonchev–Trinajstić information content (AvgIpc) is 2.30. The molecule has 1 rings (SSSR count). The van der Waals surface area contributed by atoms with Gasteiger partial charge in [-0.05, 0) is 0 Å². The molecule has 1 aliphatic heterocycles. The van der Waals surface area contributed by atoms with Crippen LogP contribution in [0.25, 0.3) is 0 Å². The molecular formula is C9H17NO6S. The Balaban J connectivity index is 2.62. The van der Waals surface area contributed by atoms with Crippen LogP contribution in [-0.2, 0) is 14.3 Å². The Morgan fingerprint density at radius 2 is 2.06 bits per heavy atom. The third-order valence-electron chi connectivity index (χ3n) is 2.49. The molecule has 0 aromatic heterocycles. The molecule has 7 nitrogen and oxygen atoms in total. The van der Waals surface area contributed by atoms with Crippen LogP contribution in [0.2, 0.25) is 0 Å². The Bertz CT molecular complexity index is 264. The van der Waals surface area contributed by atoms with Gasteiger partial charge in [0.15, 0.2) is 0 Å². The van der Waals surface area contributed by atoms with E-state index in [9.17, 15) is 15.0 Å². The summed E-state index contributed by atoms with van der Waals surface area (Å²) in [4.78, 5) is 11.2. The minimum absolute atomic E-state index is 0.0815. The van der Waals surface area contributed by atoms with Crippen LogP contribution in [0.4, 0.5) is 0 Å². The van der Waals surface area contributed by atoms with Gasteiger partial charge in [0.1, 0.15) is 18.3 Å². The molecule has 1 saturated heterocycles. The summed E-state index contributed by atoms with van der Waals surface area (Å²) in [6.07, 6.45) is -4.76. The maximum atomic E-state index is 11.2. The molecule has 1 heterocycles. The first-order valence-electron chi connectivity index (χ1n) is 5.19. The Hall–Kier alpha value is -0.380. The summed E-state index contributed by atoms with van der Waals surface area (Å²) in [5, 5.41) is 28.0. The second kappa shape index (κ2) is 6.53. The Labute approximate surface area is 104 Å². The van der Waals surface area contributed by atoms with Gasteiger partial charge in [0.2, 0.25) is 6.29 Å². The molecule has 100 valence electrons. The quantitative estimate of drug-likeness (QED) is 0.285. The van der Waals surface area contributed by atoms with Gasteiger partial charge >= 0.3 is 5.97 Å². The van der Waals surface area contributed by atoms with Crippen LogP contribution < -0.4 is 5.73 Å². The second-order valence-corrected chi connectivity index (χ2v) is 4.19. The van der Waals surface area contributed by atoms with Gasteiger partial charge in [-0.1, -0.05) is 0 Å². The van der Waals surface area contributed by atoms with Crippen LogP contribution in [0.1, 0.15) is 6.42 Å². The zero-order valence-electron chi connectivity index (χ0n) is 9.10. The first-order chi connectivity index (χ1) is 8.01. The maximum absolute atomic E-state index is 11.2. The molecule has 8 heteroatoms. The third-order valence-corrected chi connectivity index (χ3v) is 2.72. The van der Waals surface area contributed by atoms with Crippen molar-refractivity contribution in [3.05, 3.63) is 0 Å². The number of hydrogen-bond acceptors (Lipinski definition) is 8. The maximum Gasteiger partial charge on any atom is 0.308 e. The van der Waals surface area contributed by atoms with Gasteiger partial charge in [0.25, 0.3) is 0 Å². The van der Waals surface area contributed by atoms with Crippen LogP contribution in [0, 0.1) is 0 Å². The summed E-state index contributed by atoms with van der Waals surface area (Å²) in [5.74, 6) is -0.254. The Morgan fingerprint density at radius 1 is 1.41 bits per heavy atom. The van der Waals surface area contributed by atoms with Gasteiger partial charge in [-0.25, -0.2) is 0 Å². The van der Waals surface area contributed by atoms with Gasteiger partial charge in [-0.15, -0.1) is 0 Å². The molecule has 0 amide bonds. The van der Waals surface area contributed by atoms with E-state index < -0.39 is 43.2 Å². The highest BCUT2D eigenvalue weighted by molar-refractivity contribution is 7.80. The Kier molecular flexibility index (Phi) is 5.63. The molecule has 17 heavy (non-hydrogen) atoms. The van der Waals surface area contributed by atoms with Crippen LogP contribution in [-0.4, -0.2) is 64.3 Å². The van der Waals surface area contributed by atoms with Crippen molar-refractivity contribution >= 4 is 18.6 Å². The molecule has 1 fully saturated rings. The van der Waals surface area contributed by atoms with Gasteiger partial charge in [0.05, 0.1) is 19.1 Å². The molecule has 0 bridgehead atoms. The molecule has 0 spiro atoms. The highest BCUT2D eigenvalue weighted by Crippen LogP contribution is 2.20. The zero-order chi connectivity index (χ0) is 13.0. The summed E-state index contributed by atoms with van der Waals surface area (Å²) < 4.78 is 9.97. The predicted molar refractivity (Wildman–Crippen MR) is 60.3 cm³/mol. The van der Waals surface area contributed by atoms with Crippen LogP contribution in [0.5, 0.6) is 0 Å². The van der Waals surface area contributed by atoms with E-state index in [1.54, 1.807) is 0 Å².